The number of hydrogen-bond donors (Lipinski definition) is 14. The van der Waals surface area contributed by atoms with E-state index in [-0.39, 0.29) is 55.2 Å². The molecule has 27 heteroatoms. The lowest BCUT2D eigenvalue weighted by Gasteiger charge is -2.42. The van der Waals surface area contributed by atoms with Gasteiger partial charge >= 0.3 is 5.97 Å². The summed E-state index contributed by atoms with van der Waals surface area (Å²) in [6.07, 6.45) is 2.04. The Hall–Kier alpha value is -5.55. The Morgan fingerprint density at radius 2 is 1.45 bits per heavy atom. The van der Waals surface area contributed by atoms with Crippen molar-refractivity contribution in [1.29, 1.82) is 0 Å². The average Bonchev–Trinajstić information content (AvgIpc) is 4.13. The number of hydrogen-bond acceptors (Lipinski definition) is 18. The van der Waals surface area contributed by atoms with Crippen molar-refractivity contribution in [3.8, 4) is 0 Å². The van der Waals surface area contributed by atoms with Gasteiger partial charge in [0.2, 0.25) is 47.1 Å². The van der Waals surface area contributed by atoms with Gasteiger partial charge in [0.1, 0.15) is 42.5 Å². The Labute approximate surface area is 432 Å². The van der Waals surface area contributed by atoms with Crippen molar-refractivity contribution in [3.63, 3.8) is 0 Å². The summed E-state index contributed by atoms with van der Waals surface area (Å²) in [7, 11) is 0. The van der Waals surface area contributed by atoms with Crippen LogP contribution in [-0.4, -0.2) is 200 Å². The molecule has 7 amide bonds. The van der Waals surface area contributed by atoms with E-state index < -0.39 is 126 Å². The summed E-state index contributed by atoms with van der Waals surface area (Å²) in [6, 6.07) is -7.23. The van der Waals surface area contributed by atoms with Crippen molar-refractivity contribution >= 4 is 59.1 Å². The van der Waals surface area contributed by atoms with E-state index in [1.165, 1.54) is 24.3 Å². The third kappa shape index (κ3) is 16.5. The lowest BCUT2D eigenvalue weighted by atomic mass is 9.81. The summed E-state index contributed by atoms with van der Waals surface area (Å²) in [5.41, 5.74) is 1.32. The topological polar surface area (TPSA) is 400 Å². The molecule has 2 saturated heterocycles. The number of nitrogens with one attached hydrogen (secondary N) is 8. The highest BCUT2D eigenvalue weighted by atomic mass is 32.2. The largest absolute Gasteiger partial charge is 0.480 e. The third-order valence-corrected chi connectivity index (χ3v) is 14.7. The van der Waals surface area contributed by atoms with E-state index in [1.807, 2.05) is 0 Å². The normalized spacial score (nSPS) is 25.6. The molecule has 5 rings (SSSR count). The molecular formula is C47H73N11O15S. The number of likely N-dealkylation sites (tertiary alicyclic amines) is 1. The number of aromatic nitrogens is 4. The molecule has 1 aliphatic carbocycles. The van der Waals surface area contributed by atoms with E-state index in [0.29, 0.717) is 44.3 Å². The standard InChI is InChI=1S/C47H73N11O15S/c1-23(2)12-30(54-41(65)31(13-29-16-49-22-53-29)55-43(67)36(24(3)4)51-20-47(72)39(63)38(62)33(60)18-73-47)42(66)57-37(25(5)59)44(68)56-32(46(70)71)19-74-34-14-35(61)58(45(34)69)17-26-6-8-27(9-7-26)40(64)50-11-10-28-15-48-21-52-28/h15-16,21-27,30-34,36-39,51,59-60,62-63,72H,6-14,17-20H2,1-5H3,(H,48,52)(H,49,53)(H,50,64)(H,54,65)(H,55,67)(H,56,68)(H,57,66)(H,70,71). The van der Waals surface area contributed by atoms with Crippen LogP contribution < -0.4 is 31.9 Å². The number of aliphatic carboxylic acids is 1. The van der Waals surface area contributed by atoms with Crippen molar-refractivity contribution in [2.45, 2.75) is 152 Å². The maximum Gasteiger partial charge on any atom is 0.327 e. The van der Waals surface area contributed by atoms with Crippen LogP contribution in [0.2, 0.25) is 0 Å². The third-order valence-electron chi connectivity index (χ3n) is 13.4. The molecule has 412 valence electrons. The van der Waals surface area contributed by atoms with E-state index in [9.17, 15) is 69.0 Å². The second-order valence-electron chi connectivity index (χ2n) is 20.1. The van der Waals surface area contributed by atoms with Gasteiger partial charge in [-0.1, -0.05) is 27.7 Å². The van der Waals surface area contributed by atoms with Crippen LogP contribution in [0.5, 0.6) is 0 Å². The smallest absolute Gasteiger partial charge is 0.327 e. The van der Waals surface area contributed by atoms with Crippen LogP contribution in [0.15, 0.2) is 25.0 Å². The Morgan fingerprint density at radius 3 is 2.04 bits per heavy atom. The summed E-state index contributed by atoms with van der Waals surface area (Å²) in [5.74, 6) is -9.72. The maximum atomic E-state index is 14.1. The van der Waals surface area contributed by atoms with E-state index in [2.05, 4.69) is 51.8 Å². The minimum Gasteiger partial charge on any atom is -0.480 e. The monoisotopic (exact) mass is 1060 g/mol. The average molecular weight is 1060 g/mol. The molecule has 26 nitrogen and oxygen atoms in total. The first-order chi connectivity index (χ1) is 35.0. The van der Waals surface area contributed by atoms with Gasteiger partial charge in [0.05, 0.1) is 43.2 Å². The summed E-state index contributed by atoms with van der Waals surface area (Å²) >= 11 is 0.875. The minimum atomic E-state index is -2.39. The molecule has 0 aromatic carbocycles. The first-order valence-electron chi connectivity index (χ1n) is 24.9. The lowest BCUT2D eigenvalue weighted by molar-refractivity contribution is -0.318. The van der Waals surface area contributed by atoms with Crippen molar-refractivity contribution < 1.29 is 73.7 Å². The van der Waals surface area contributed by atoms with Crippen LogP contribution in [0.3, 0.4) is 0 Å². The van der Waals surface area contributed by atoms with E-state index in [4.69, 9.17) is 4.74 Å². The lowest BCUT2D eigenvalue weighted by Crippen LogP contribution is -2.66. The Balaban J connectivity index is 1.16. The van der Waals surface area contributed by atoms with Crippen molar-refractivity contribution in [2.24, 2.45) is 23.7 Å². The van der Waals surface area contributed by atoms with Gasteiger partial charge in [-0.15, -0.1) is 11.8 Å². The fourth-order valence-corrected chi connectivity index (χ4v) is 10.2. The molecule has 11 unspecified atom stereocenters. The van der Waals surface area contributed by atoms with E-state index in [0.717, 1.165) is 17.5 Å². The number of nitrogens with zero attached hydrogens (tertiary/aromatic N) is 3. The zero-order valence-electron chi connectivity index (χ0n) is 42.2. The maximum absolute atomic E-state index is 14.1. The van der Waals surface area contributed by atoms with Crippen LogP contribution in [0.4, 0.5) is 0 Å². The number of carbonyl (C=O) groups is 8. The van der Waals surface area contributed by atoms with Gasteiger partial charge in [-0.2, -0.15) is 0 Å². The first kappa shape index (κ1) is 59.3. The van der Waals surface area contributed by atoms with Gasteiger partial charge in [0.15, 0.2) is 0 Å². The highest BCUT2D eigenvalue weighted by Gasteiger charge is 2.49. The Kier molecular flexibility index (Phi) is 21.9. The van der Waals surface area contributed by atoms with Crippen LogP contribution >= 0.6 is 11.8 Å². The van der Waals surface area contributed by atoms with Gasteiger partial charge < -0.3 is 77.2 Å². The van der Waals surface area contributed by atoms with Crippen molar-refractivity contribution in [3.05, 3.63) is 36.4 Å². The van der Waals surface area contributed by atoms with Crippen LogP contribution in [0.25, 0.3) is 0 Å². The van der Waals surface area contributed by atoms with Crippen LogP contribution in [-0.2, 0) is 55.9 Å². The quantitative estimate of drug-likeness (QED) is 0.0387. The SMILES string of the molecule is CC(C)CC(NC(=O)C(Cc1cnc[nH]1)NC(=O)C(NCC1(O)OCC(O)C(O)C1O)C(C)C)C(=O)NC(C(=O)NC(CSC1CC(=O)N(CC2CCC(C(=O)NCCc3cnc[nH]3)CC2)C1=O)C(=O)O)C(C)O. The number of amides is 7. The van der Waals surface area contributed by atoms with Crippen molar-refractivity contribution in [2.75, 3.05) is 32.0 Å². The highest BCUT2D eigenvalue weighted by Crippen LogP contribution is 2.33. The molecule has 0 bridgehead atoms. The molecule has 2 aromatic heterocycles. The molecule has 3 aliphatic rings. The molecule has 11 atom stereocenters. The Morgan fingerprint density at radius 1 is 0.838 bits per heavy atom. The number of carbonyl (C=O) groups excluding carboxylic acids is 7. The second kappa shape index (κ2) is 27.3. The van der Waals surface area contributed by atoms with E-state index in [1.54, 1.807) is 40.2 Å². The zero-order valence-corrected chi connectivity index (χ0v) is 43.0. The fraction of sp³-hybridized carbons (Fsp3) is 0.702. The Bertz CT molecular complexity index is 2210. The molecular weight excluding hydrogens is 991 g/mol. The second-order valence-corrected chi connectivity index (χ2v) is 21.4. The number of imidazole rings is 2. The number of aromatic amines is 2. The number of imide groups is 1. The zero-order chi connectivity index (χ0) is 54.4. The molecule has 74 heavy (non-hydrogen) atoms. The predicted molar refractivity (Wildman–Crippen MR) is 263 cm³/mol. The van der Waals surface area contributed by atoms with Crippen LogP contribution in [0, 0.1) is 23.7 Å². The summed E-state index contributed by atoms with van der Waals surface area (Å²) in [6.45, 7) is 7.57. The number of ether oxygens (including phenoxy) is 1. The van der Waals surface area contributed by atoms with Gasteiger partial charge in [0, 0.05) is 67.8 Å². The molecule has 14 N–H and O–H groups in total. The summed E-state index contributed by atoms with van der Waals surface area (Å²) in [5, 5.41) is 77.0. The number of aliphatic hydroxyl groups is 5. The summed E-state index contributed by atoms with van der Waals surface area (Å²) in [4.78, 5) is 122. The highest BCUT2D eigenvalue weighted by molar-refractivity contribution is 8.00. The number of rotatable bonds is 27. The fourth-order valence-electron chi connectivity index (χ4n) is 9.03. The number of H-pyrrole nitrogens is 2. The van der Waals surface area contributed by atoms with Crippen LogP contribution in [0.1, 0.15) is 84.5 Å². The molecule has 0 radical (unpaired) electrons. The van der Waals surface area contributed by atoms with E-state index >= 15 is 0 Å². The molecule has 3 fully saturated rings. The number of carboxylic acid groups (broad SMARTS) is 1. The molecule has 4 heterocycles. The molecule has 2 aliphatic heterocycles. The first-order valence-corrected chi connectivity index (χ1v) is 26.0. The van der Waals surface area contributed by atoms with Crippen molar-refractivity contribution in [1.82, 2.24) is 56.7 Å². The number of thioether (sulfide) groups is 1. The molecule has 0 spiro atoms. The number of carboxylic acids is 1. The molecule has 1 saturated carbocycles. The van der Waals surface area contributed by atoms with Gasteiger partial charge in [-0.3, -0.25) is 38.5 Å². The van der Waals surface area contributed by atoms with Gasteiger partial charge in [-0.05, 0) is 56.8 Å². The van der Waals surface area contributed by atoms with Gasteiger partial charge in [0.25, 0.3) is 0 Å². The number of aliphatic hydroxyl groups excluding tert-OH is 4. The van der Waals surface area contributed by atoms with Gasteiger partial charge in [-0.25, -0.2) is 14.8 Å². The summed E-state index contributed by atoms with van der Waals surface area (Å²) < 4.78 is 5.21. The predicted octanol–water partition coefficient (Wildman–Crippen LogP) is -3.43. The minimum absolute atomic E-state index is 0.000124. The molecule has 2 aromatic rings.